The van der Waals surface area contributed by atoms with Gasteiger partial charge in [-0.05, 0) is 80.5 Å². The molecule has 0 spiro atoms. The number of amides is 2. The van der Waals surface area contributed by atoms with Gasteiger partial charge >= 0.3 is 0 Å². The predicted molar refractivity (Wildman–Crippen MR) is 156 cm³/mol. The zero-order valence-electron chi connectivity index (χ0n) is 22.6. The Balaban J connectivity index is 1.69. The molecular formula is C28H35Cl2N3O5S. The molecule has 39 heavy (non-hydrogen) atoms. The Labute approximate surface area is 239 Å². The highest BCUT2D eigenvalue weighted by Gasteiger charge is 2.23. The molecule has 0 fully saturated rings. The molecule has 0 bridgehead atoms. The molecule has 3 N–H and O–H groups in total. The summed E-state index contributed by atoms with van der Waals surface area (Å²) in [7, 11) is -3.99. The van der Waals surface area contributed by atoms with Gasteiger partial charge in [-0.2, -0.15) is 0 Å². The zero-order chi connectivity index (χ0) is 28.7. The number of carbonyl (C=O) groups excluding carboxylic acids is 2. The van der Waals surface area contributed by atoms with Crippen molar-refractivity contribution in [3.8, 4) is 5.75 Å². The molecule has 2 aromatic carbocycles. The van der Waals surface area contributed by atoms with Gasteiger partial charge in [0.05, 0.1) is 12.4 Å². The Morgan fingerprint density at radius 3 is 2.36 bits per heavy atom. The molecule has 3 aromatic rings. The number of halogens is 2. The molecule has 0 radical (unpaired) electrons. The number of aryl methyl sites for hydroxylation is 3. The van der Waals surface area contributed by atoms with E-state index in [0.29, 0.717) is 59.2 Å². The largest absolute Gasteiger partial charge is 0.494 e. The van der Waals surface area contributed by atoms with E-state index in [0.717, 1.165) is 16.5 Å². The lowest BCUT2D eigenvalue weighted by Crippen LogP contribution is -2.39. The Bertz CT molecular complexity index is 1430. The number of aromatic amines is 1. The van der Waals surface area contributed by atoms with Gasteiger partial charge in [-0.15, -0.1) is 0 Å². The molecule has 0 saturated carbocycles. The van der Waals surface area contributed by atoms with Crippen molar-refractivity contribution in [2.75, 3.05) is 18.9 Å². The van der Waals surface area contributed by atoms with Gasteiger partial charge in [0, 0.05) is 33.4 Å². The van der Waals surface area contributed by atoms with Crippen LogP contribution in [0.1, 0.15) is 60.3 Å². The average Bonchev–Trinajstić information content (AvgIpc) is 3.23. The van der Waals surface area contributed by atoms with E-state index in [2.05, 4.69) is 15.0 Å². The molecule has 2 amide bonds. The number of fused-ring (bicyclic) bond motifs is 1. The lowest BCUT2D eigenvalue weighted by Gasteiger charge is -2.13. The number of hydrogen-bond donors (Lipinski definition) is 3. The van der Waals surface area contributed by atoms with Gasteiger partial charge in [0.2, 0.25) is 15.9 Å². The minimum atomic E-state index is -3.99. The van der Waals surface area contributed by atoms with Crippen molar-refractivity contribution >= 4 is 55.9 Å². The molecule has 0 aliphatic heterocycles. The Morgan fingerprint density at radius 1 is 1.05 bits per heavy atom. The van der Waals surface area contributed by atoms with Gasteiger partial charge in [0.25, 0.3) is 5.91 Å². The Hall–Kier alpha value is -2.75. The highest BCUT2D eigenvalue weighted by molar-refractivity contribution is 7.90. The summed E-state index contributed by atoms with van der Waals surface area (Å²) in [4.78, 5) is 28.3. The number of nitrogens with one attached hydrogen (secondary N) is 3. The maximum absolute atomic E-state index is 13.1. The number of ether oxygens (including phenoxy) is 1. The summed E-state index contributed by atoms with van der Waals surface area (Å²) >= 11 is 12.4. The van der Waals surface area contributed by atoms with Crippen molar-refractivity contribution in [1.82, 2.24) is 15.0 Å². The summed E-state index contributed by atoms with van der Waals surface area (Å²) in [6.07, 6.45) is 2.37. The summed E-state index contributed by atoms with van der Waals surface area (Å²) in [5.74, 6) is -0.837. The first kappa shape index (κ1) is 30.8. The second kappa shape index (κ2) is 13.5. The van der Waals surface area contributed by atoms with Crippen LogP contribution in [0.15, 0.2) is 30.3 Å². The van der Waals surface area contributed by atoms with Crippen LogP contribution < -0.4 is 14.8 Å². The van der Waals surface area contributed by atoms with E-state index < -0.39 is 21.7 Å². The van der Waals surface area contributed by atoms with Gasteiger partial charge in [0.15, 0.2) is 0 Å². The molecular weight excluding hydrogens is 561 g/mol. The van der Waals surface area contributed by atoms with Crippen LogP contribution in [-0.2, 0) is 21.2 Å². The fourth-order valence-electron chi connectivity index (χ4n) is 4.47. The third kappa shape index (κ3) is 8.13. The first-order chi connectivity index (χ1) is 18.5. The number of benzene rings is 2. The van der Waals surface area contributed by atoms with Crippen molar-refractivity contribution in [1.29, 1.82) is 0 Å². The highest BCUT2D eigenvalue weighted by atomic mass is 35.5. The number of sulfonamides is 1. The molecule has 0 aliphatic rings. The van der Waals surface area contributed by atoms with Gasteiger partial charge in [0.1, 0.15) is 11.4 Å². The van der Waals surface area contributed by atoms with Crippen molar-refractivity contribution in [3.63, 3.8) is 0 Å². The van der Waals surface area contributed by atoms with Gasteiger partial charge < -0.3 is 15.0 Å². The normalized spacial score (nSPS) is 11.7. The predicted octanol–water partition coefficient (Wildman–Crippen LogP) is 5.72. The molecule has 8 nitrogen and oxygen atoms in total. The SMILES string of the molecule is CCC(CC)C(=O)NCCS(=O)(=O)NC(=O)c1[nH]c2cc(Cl)ccc2c1CCCOc1cc(C)c(Cl)c(C)c1. The second-order valence-electron chi connectivity index (χ2n) is 9.55. The lowest BCUT2D eigenvalue weighted by atomic mass is 10.0. The van der Waals surface area contributed by atoms with E-state index in [1.54, 1.807) is 18.2 Å². The summed E-state index contributed by atoms with van der Waals surface area (Å²) in [6, 6.07) is 8.96. The maximum Gasteiger partial charge on any atom is 0.281 e. The van der Waals surface area contributed by atoms with Gasteiger partial charge in [-0.3, -0.25) is 9.59 Å². The molecule has 3 rings (SSSR count). The third-order valence-electron chi connectivity index (χ3n) is 6.62. The minimum absolute atomic E-state index is 0.0892. The number of rotatable bonds is 13. The van der Waals surface area contributed by atoms with Crippen molar-refractivity contribution in [2.24, 2.45) is 5.92 Å². The number of aromatic nitrogens is 1. The highest BCUT2D eigenvalue weighted by Crippen LogP contribution is 2.28. The smallest absolute Gasteiger partial charge is 0.281 e. The quantitative estimate of drug-likeness (QED) is 0.219. The molecule has 212 valence electrons. The van der Waals surface area contributed by atoms with Gasteiger partial charge in [-0.25, -0.2) is 13.1 Å². The van der Waals surface area contributed by atoms with Gasteiger partial charge in [-0.1, -0.05) is 43.1 Å². The fourth-order valence-corrected chi connectivity index (χ4v) is 5.60. The van der Waals surface area contributed by atoms with E-state index in [-0.39, 0.29) is 24.1 Å². The first-order valence-electron chi connectivity index (χ1n) is 13.0. The summed E-state index contributed by atoms with van der Waals surface area (Å²) in [5, 5.41) is 4.61. The number of hydrogen-bond acceptors (Lipinski definition) is 5. The van der Waals surface area contributed by atoms with Crippen LogP contribution >= 0.6 is 23.2 Å². The summed E-state index contributed by atoms with van der Waals surface area (Å²) < 4.78 is 33.3. The Morgan fingerprint density at radius 2 is 1.72 bits per heavy atom. The van der Waals surface area contributed by atoms with E-state index in [4.69, 9.17) is 27.9 Å². The lowest BCUT2D eigenvalue weighted by molar-refractivity contribution is -0.125. The van der Waals surface area contributed by atoms with E-state index in [1.807, 2.05) is 39.8 Å². The van der Waals surface area contributed by atoms with Crippen molar-refractivity contribution < 1.29 is 22.7 Å². The summed E-state index contributed by atoms with van der Waals surface area (Å²) in [5.41, 5.74) is 3.30. The molecule has 1 aromatic heterocycles. The fraction of sp³-hybridized carbons (Fsp3) is 0.429. The van der Waals surface area contributed by atoms with E-state index in [9.17, 15) is 18.0 Å². The van der Waals surface area contributed by atoms with Crippen molar-refractivity contribution in [3.05, 3.63) is 62.8 Å². The maximum atomic E-state index is 13.1. The van der Waals surface area contributed by atoms with E-state index >= 15 is 0 Å². The zero-order valence-corrected chi connectivity index (χ0v) is 24.9. The molecule has 0 saturated heterocycles. The van der Waals surface area contributed by atoms with Crippen LogP contribution in [0.2, 0.25) is 10.0 Å². The third-order valence-corrected chi connectivity index (χ3v) is 8.69. The van der Waals surface area contributed by atoms with Crippen LogP contribution in [0.4, 0.5) is 0 Å². The van der Waals surface area contributed by atoms with E-state index in [1.165, 1.54) is 0 Å². The average molecular weight is 597 g/mol. The number of H-pyrrole nitrogens is 1. The van der Waals surface area contributed by atoms with Crippen LogP contribution in [0.25, 0.3) is 10.9 Å². The molecule has 0 aliphatic carbocycles. The minimum Gasteiger partial charge on any atom is -0.494 e. The second-order valence-corrected chi connectivity index (χ2v) is 12.2. The standard InChI is InChI=1S/C28H35Cl2N3O5S/c1-5-19(6-2)27(34)31-11-13-39(36,37)33-28(35)26-23(22-10-9-20(29)16-24(22)32-26)8-7-12-38-21-14-17(3)25(30)18(4)15-21/h9-10,14-16,19,32H,5-8,11-13H2,1-4H3,(H,31,34)(H,33,35). The monoisotopic (exact) mass is 595 g/mol. The molecule has 11 heteroatoms. The molecule has 1 heterocycles. The van der Waals surface area contributed by atoms with Crippen LogP contribution in [0.3, 0.4) is 0 Å². The number of carbonyl (C=O) groups is 2. The van der Waals surface area contributed by atoms with Crippen LogP contribution in [-0.4, -0.2) is 44.1 Å². The summed E-state index contributed by atoms with van der Waals surface area (Å²) in [6.45, 7) is 7.94. The van der Waals surface area contributed by atoms with Crippen molar-refractivity contribution in [2.45, 2.75) is 53.4 Å². The molecule has 0 atom stereocenters. The molecule has 0 unspecified atom stereocenters. The van der Waals surface area contributed by atoms with Crippen LogP contribution in [0.5, 0.6) is 5.75 Å². The Kier molecular flexibility index (Phi) is 10.7. The first-order valence-corrected chi connectivity index (χ1v) is 15.4. The van der Waals surface area contributed by atoms with Crippen LogP contribution in [0, 0.1) is 19.8 Å². The topological polar surface area (TPSA) is 117 Å².